The molecule has 0 aromatic heterocycles. The number of rotatable bonds is 3. The largest absolute Gasteiger partial charge is 0.179 e. The molecule has 0 amide bonds. The van der Waals surface area contributed by atoms with Gasteiger partial charge in [-0.25, -0.2) is 0 Å². The molecule has 0 spiro atoms. The zero-order chi connectivity index (χ0) is 4.83. The van der Waals surface area contributed by atoms with Gasteiger partial charge in [-0.1, -0.05) is 12.5 Å². The molecule has 6 heavy (non-hydrogen) atoms. The smallest absolute Gasteiger partial charge is 0.00279 e. The first-order valence-corrected chi connectivity index (χ1v) is 4.57. The lowest BCUT2D eigenvalue weighted by Crippen LogP contribution is -1.73. The fourth-order valence-electron chi connectivity index (χ4n) is 0.362. The zero-order valence-corrected chi connectivity index (χ0v) is 7.17. The fourth-order valence-corrected chi connectivity index (χ4v) is 1.09. The lowest BCUT2D eigenvalue weighted by atomic mass is 10.4. The van der Waals surface area contributed by atoms with Gasteiger partial charge < -0.3 is 0 Å². The summed E-state index contributed by atoms with van der Waals surface area (Å²) in [7, 11) is 1.37. The van der Waals surface area contributed by atoms with Crippen molar-refractivity contribution >= 4 is 22.9 Å². The normalized spacial score (nSPS) is 9.50. The molecular weight excluding hydrogens is 108 g/mol. The van der Waals surface area contributed by atoms with Gasteiger partial charge in [0, 0.05) is 10.2 Å². The van der Waals surface area contributed by atoms with Crippen molar-refractivity contribution in [3.63, 3.8) is 0 Å². The molecule has 0 aromatic carbocycles. The Morgan fingerprint density at radius 2 is 2.00 bits per heavy atom. The average molecular weight is 120 g/mol. The van der Waals surface area contributed by atoms with Crippen LogP contribution in [0.15, 0.2) is 0 Å². The van der Waals surface area contributed by atoms with Gasteiger partial charge in [0.25, 0.3) is 0 Å². The summed E-state index contributed by atoms with van der Waals surface area (Å²) in [6, 6.07) is 1.44. The second-order valence-corrected chi connectivity index (χ2v) is 2.88. The number of unbranched alkanes of at least 4 members (excludes halogenated alkanes) is 1. The van der Waals surface area contributed by atoms with Crippen LogP contribution in [-0.4, -0.2) is 16.0 Å². The molecule has 0 heterocycles. The molecule has 0 aromatic rings. The van der Waals surface area contributed by atoms with E-state index >= 15 is 0 Å². The van der Waals surface area contributed by atoms with Crippen molar-refractivity contribution in [3.05, 3.63) is 0 Å². The van der Waals surface area contributed by atoms with E-state index in [1.54, 1.807) is 0 Å². The fraction of sp³-hybridized carbons (Fsp3) is 1.00. The Morgan fingerprint density at radius 3 is 2.17 bits per heavy atom. The van der Waals surface area contributed by atoms with E-state index in [0.717, 1.165) is 5.75 Å². The van der Waals surface area contributed by atoms with Crippen LogP contribution in [0.25, 0.3) is 0 Å². The minimum atomic E-state index is 1.07. The Balaban J connectivity index is 2.34. The summed E-state index contributed by atoms with van der Waals surface area (Å²) in [6.07, 6.45) is 2.71. The molecule has 0 radical (unpaired) electrons. The maximum atomic E-state index is 4.07. The molecule has 0 unspecified atom stereocenters. The first-order chi connectivity index (χ1) is 2.91. The standard InChI is InChI=1S/C4H12SSi/c5-3-1-2-4-6/h5H,1-4H2,6H3. The van der Waals surface area contributed by atoms with E-state index < -0.39 is 0 Å². The SMILES string of the molecule is [SiH3]CCCCS. The van der Waals surface area contributed by atoms with Crippen LogP contribution in [-0.2, 0) is 0 Å². The summed E-state index contributed by atoms with van der Waals surface area (Å²) in [6.45, 7) is 0. The highest BCUT2D eigenvalue weighted by Gasteiger charge is 1.76. The third kappa shape index (κ3) is 4.57. The maximum absolute atomic E-state index is 4.07. The van der Waals surface area contributed by atoms with Gasteiger partial charge in [-0.05, 0) is 12.2 Å². The van der Waals surface area contributed by atoms with Crippen molar-refractivity contribution in [2.75, 3.05) is 5.75 Å². The van der Waals surface area contributed by atoms with Crippen molar-refractivity contribution in [2.24, 2.45) is 0 Å². The van der Waals surface area contributed by atoms with Gasteiger partial charge in [0.05, 0.1) is 0 Å². The second kappa shape index (κ2) is 5.57. The summed E-state index contributed by atoms with van der Waals surface area (Å²) in [5.41, 5.74) is 0. The van der Waals surface area contributed by atoms with Crippen molar-refractivity contribution in [2.45, 2.75) is 18.9 Å². The van der Waals surface area contributed by atoms with Gasteiger partial charge in [-0.3, -0.25) is 0 Å². The molecule has 0 aliphatic carbocycles. The van der Waals surface area contributed by atoms with Gasteiger partial charge in [-0.15, -0.1) is 0 Å². The van der Waals surface area contributed by atoms with Crippen LogP contribution in [0.5, 0.6) is 0 Å². The Hall–Kier alpha value is 0.567. The van der Waals surface area contributed by atoms with Gasteiger partial charge in [0.2, 0.25) is 0 Å². The molecule has 0 bridgehead atoms. The molecule has 0 atom stereocenters. The molecule has 0 saturated heterocycles. The Morgan fingerprint density at radius 1 is 1.33 bits per heavy atom. The van der Waals surface area contributed by atoms with Gasteiger partial charge in [-0.2, -0.15) is 12.6 Å². The lowest BCUT2D eigenvalue weighted by Gasteiger charge is -1.85. The maximum Gasteiger partial charge on any atom is 0.00279 e. The molecule has 0 fully saturated rings. The highest BCUT2D eigenvalue weighted by atomic mass is 32.1. The van der Waals surface area contributed by atoms with Crippen LogP contribution in [0.2, 0.25) is 6.04 Å². The summed E-state index contributed by atoms with van der Waals surface area (Å²) in [5.74, 6) is 1.07. The molecule has 0 rings (SSSR count). The zero-order valence-electron chi connectivity index (χ0n) is 4.28. The van der Waals surface area contributed by atoms with E-state index in [1.165, 1.54) is 29.1 Å². The summed E-state index contributed by atoms with van der Waals surface area (Å²) < 4.78 is 0. The lowest BCUT2D eigenvalue weighted by molar-refractivity contribution is 0.897. The molecule has 0 aliphatic heterocycles. The molecule has 2 heteroatoms. The summed E-state index contributed by atoms with van der Waals surface area (Å²) in [5, 5.41) is 0. The molecule has 38 valence electrons. The highest BCUT2D eigenvalue weighted by Crippen LogP contribution is 1.92. The summed E-state index contributed by atoms with van der Waals surface area (Å²) in [4.78, 5) is 0. The molecule has 0 N–H and O–H groups in total. The van der Waals surface area contributed by atoms with Gasteiger partial charge >= 0.3 is 0 Å². The van der Waals surface area contributed by atoms with Crippen LogP contribution in [0.4, 0.5) is 0 Å². The molecule has 0 nitrogen and oxygen atoms in total. The second-order valence-electron chi connectivity index (χ2n) is 1.43. The van der Waals surface area contributed by atoms with E-state index in [4.69, 9.17) is 0 Å². The van der Waals surface area contributed by atoms with Crippen molar-refractivity contribution in [1.29, 1.82) is 0 Å². The van der Waals surface area contributed by atoms with Crippen LogP contribution in [0.3, 0.4) is 0 Å². The van der Waals surface area contributed by atoms with Crippen LogP contribution in [0, 0.1) is 0 Å². The van der Waals surface area contributed by atoms with Gasteiger partial charge in [0.15, 0.2) is 0 Å². The van der Waals surface area contributed by atoms with Crippen LogP contribution in [0.1, 0.15) is 12.8 Å². The first kappa shape index (κ1) is 6.57. The van der Waals surface area contributed by atoms with Crippen molar-refractivity contribution in [3.8, 4) is 0 Å². The average Bonchev–Trinajstić information content (AvgIpc) is 1.61. The van der Waals surface area contributed by atoms with E-state index in [-0.39, 0.29) is 0 Å². The van der Waals surface area contributed by atoms with Crippen molar-refractivity contribution in [1.82, 2.24) is 0 Å². The highest BCUT2D eigenvalue weighted by molar-refractivity contribution is 7.80. The third-order valence-electron chi connectivity index (χ3n) is 0.762. The minimum Gasteiger partial charge on any atom is -0.179 e. The molecular formula is C4H12SSi. The van der Waals surface area contributed by atoms with E-state index in [2.05, 4.69) is 12.6 Å². The third-order valence-corrected chi connectivity index (χ3v) is 1.79. The van der Waals surface area contributed by atoms with Crippen LogP contribution < -0.4 is 0 Å². The monoisotopic (exact) mass is 120 g/mol. The van der Waals surface area contributed by atoms with E-state index in [1.807, 2.05) is 0 Å². The number of thiol groups is 1. The Bertz CT molecular complexity index is 19.5. The number of hydrogen-bond acceptors (Lipinski definition) is 1. The topological polar surface area (TPSA) is 0 Å². The Labute approximate surface area is 48.2 Å². The summed E-state index contributed by atoms with van der Waals surface area (Å²) >= 11 is 4.07. The molecule has 0 aliphatic rings. The van der Waals surface area contributed by atoms with Crippen LogP contribution >= 0.6 is 12.6 Å². The molecule has 0 saturated carbocycles. The Kier molecular flexibility index (Phi) is 6.09. The van der Waals surface area contributed by atoms with E-state index in [9.17, 15) is 0 Å². The number of hydrogen-bond donors (Lipinski definition) is 1. The quantitative estimate of drug-likeness (QED) is 0.313. The van der Waals surface area contributed by atoms with Gasteiger partial charge in [0.1, 0.15) is 0 Å². The first-order valence-electron chi connectivity index (χ1n) is 2.52. The van der Waals surface area contributed by atoms with E-state index in [0.29, 0.717) is 0 Å². The predicted octanol–water partition coefficient (Wildman–Crippen LogP) is 0.480. The van der Waals surface area contributed by atoms with Crippen molar-refractivity contribution < 1.29 is 0 Å². The predicted molar refractivity (Wildman–Crippen MR) is 37.8 cm³/mol. The minimum absolute atomic E-state index is 1.07.